The fourth-order valence-electron chi connectivity index (χ4n) is 5.31. The Morgan fingerprint density at radius 2 is 1.94 bits per heavy atom. The lowest BCUT2D eigenvalue weighted by Crippen LogP contribution is -2.51. The minimum absolute atomic E-state index is 0.0636. The van der Waals surface area contributed by atoms with Gasteiger partial charge in [0.25, 0.3) is 0 Å². The van der Waals surface area contributed by atoms with Crippen molar-refractivity contribution in [2.24, 2.45) is 0 Å². The number of carbonyl (C=O) groups is 2. The van der Waals surface area contributed by atoms with Gasteiger partial charge >= 0.3 is 0 Å². The van der Waals surface area contributed by atoms with Gasteiger partial charge in [-0.15, -0.1) is 0 Å². The summed E-state index contributed by atoms with van der Waals surface area (Å²) in [6, 6.07) is 6.14. The number of benzene rings is 1. The molecule has 2 aliphatic rings. The summed E-state index contributed by atoms with van der Waals surface area (Å²) in [5.41, 5.74) is 1.59. The zero-order valence-corrected chi connectivity index (χ0v) is 22.1. The second kappa shape index (κ2) is 10.8. The molecular weight excluding hydrogens is 485 g/mol. The van der Waals surface area contributed by atoms with E-state index in [9.17, 15) is 9.59 Å². The van der Waals surface area contributed by atoms with Crippen LogP contribution in [-0.4, -0.2) is 70.9 Å². The third kappa shape index (κ3) is 5.79. The number of hydrogen-bond donors (Lipinski definition) is 0. The van der Waals surface area contributed by atoms with Crippen LogP contribution in [0.5, 0.6) is 0 Å². The molecule has 2 aromatic rings. The predicted molar refractivity (Wildman–Crippen MR) is 139 cm³/mol. The molecule has 188 valence electrons. The lowest BCUT2D eigenvalue weighted by molar-refractivity contribution is -0.130. The smallest absolute Gasteiger partial charge is 0.228 e. The number of halogens is 2. The maximum Gasteiger partial charge on any atom is 0.228 e. The Labute approximate surface area is 217 Å². The fraction of sp³-hybridized carbons (Fsp3) is 0.538. The number of rotatable bonds is 6. The van der Waals surface area contributed by atoms with Crippen LogP contribution in [0.15, 0.2) is 30.6 Å². The Morgan fingerprint density at radius 3 is 2.60 bits per heavy atom. The molecule has 2 amide bonds. The number of aromatic nitrogens is 2. The van der Waals surface area contributed by atoms with Gasteiger partial charge in [-0.2, -0.15) is 0 Å². The summed E-state index contributed by atoms with van der Waals surface area (Å²) in [6.07, 6.45) is 7.34. The summed E-state index contributed by atoms with van der Waals surface area (Å²) in [6.45, 7) is 6.83. The number of piperidine rings is 2. The number of anilines is 1. The second-order valence-electron chi connectivity index (χ2n) is 9.86. The van der Waals surface area contributed by atoms with E-state index in [2.05, 4.69) is 14.9 Å². The molecule has 0 spiro atoms. The van der Waals surface area contributed by atoms with Crippen molar-refractivity contribution < 1.29 is 9.59 Å². The summed E-state index contributed by atoms with van der Waals surface area (Å²) in [5, 5.41) is 1.05. The molecule has 1 atom stereocenters. The number of nitrogens with zero attached hydrogens (tertiary/aromatic N) is 5. The van der Waals surface area contributed by atoms with Crippen molar-refractivity contribution in [3.63, 3.8) is 0 Å². The van der Waals surface area contributed by atoms with Gasteiger partial charge in [0.15, 0.2) is 5.82 Å². The van der Waals surface area contributed by atoms with E-state index in [1.807, 2.05) is 37.1 Å². The molecule has 0 N–H and O–H groups in total. The second-order valence-corrected chi connectivity index (χ2v) is 10.7. The van der Waals surface area contributed by atoms with Gasteiger partial charge in [0.1, 0.15) is 0 Å². The zero-order chi connectivity index (χ0) is 25.2. The van der Waals surface area contributed by atoms with E-state index >= 15 is 0 Å². The van der Waals surface area contributed by atoms with E-state index in [1.165, 1.54) is 0 Å². The summed E-state index contributed by atoms with van der Waals surface area (Å²) < 4.78 is 0. The van der Waals surface area contributed by atoms with Crippen molar-refractivity contribution in [3.05, 3.63) is 51.9 Å². The average molecular weight is 518 g/mol. The molecule has 0 aliphatic carbocycles. The lowest BCUT2D eigenvalue weighted by Gasteiger charge is -2.44. The molecular formula is C26H33Cl2N5O2. The average Bonchev–Trinajstić information content (AvgIpc) is 2.85. The van der Waals surface area contributed by atoms with Gasteiger partial charge in [0.05, 0.1) is 21.9 Å². The molecule has 0 bridgehead atoms. The third-order valence-corrected chi connectivity index (χ3v) is 8.38. The third-order valence-electron chi connectivity index (χ3n) is 7.64. The summed E-state index contributed by atoms with van der Waals surface area (Å²) in [7, 11) is 1.89. The first-order chi connectivity index (χ1) is 16.7. The van der Waals surface area contributed by atoms with Crippen LogP contribution in [0.1, 0.15) is 50.3 Å². The van der Waals surface area contributed by atoms with E-state index in [-0.39, 0.29) is 17.2 Å². The zero-order valence-electron chi connectivity index (χ0n) is 20.6. The minimum atomic E-state index is -0.277. The van der Waals surface area contributed by atoms with Crippen LogP contribution < -0.4 is 4.90 Å². The normalized spacial score (nSPS) is 21.9. The number of hydrogen-bond acceptors (Lipinski definition) is 5. The van der Waals surface area contributed by atoms with Crippen molar-refractivity contribution in [3.8, 4) is 0 Å². The summed E-state index contributed by atoms with van der Waals surface area (Å²) in [5.74, 6) is 0.772. The highest BCUT2D eigenvalue weighted by molar-refractivity contribution is 6.42. The van der Waals surface area contributed by atoms with Crippen LogP contribution in [0.4, 0.5) is 5.82 Å². The topological polar surface area (TPSA) is 69.6 Å². The summed E-state index contributed by atoms with van der Waals surface area (Å²) >= 11 is 12.7. The number of amides is 2. The predicted octanol–water partition coefficient (Wildman–Crippen LogP) is 4.49. The Balaban J connectivity index is 1.56. The van der Waals surface area contributed by atoms with E-state index in [0.29, 0.717) is 34.9 Å². The summed E-state index contributed by atoms with van der Waals surface area (Å²) in [4.78, 5) is 39.7. The Kier molecular flexibility index (Phi) is 7.99. The van der Waals surface area contributed by atoms with Crippen molar-refractivity contribution in [1.29, 1.82) is 0 Å². The highest BCUT2D eigenvalue weighted by Crippen LogP contribution is 2.41. The van der Waals surface area contributed by atoms with Gasteiger partial charge in [-0.05, 0) is 56.8 Å². The molecule has 9 heteroatoms. The van der Waals surface area contributed by atoms with Crippen LogP contribution in [0.2, 0.25) is 10.0 Å². The molecule has 4 rings (SSSR count). The quantitative estimate of drug-likeness (QED) is 0.564. The molecule has 3 heterocycles. The Hall–Kier alpha value is -2.22. The van der Waals surface area contributed by atoms with Crippen LogP contribution in [0, 0.1) is 6.92 Å². The van der Waals surface area contributed by atoms with Crippen LogP contribution in [-0.2, 0) is 15.0 Å². The van der Waals surface area contributed by atoms with Gasteiger partial charge < -0.3 is 9.80 Å². The SMILES string of the molecule is CC(=O)N(C)C1CCN(CC[C@]2(c3ccc(Cl)c(Cl)c3)CCC(=O)N(c3cncc(C)n3)C2)CC1. The number of likely N-dealkylation sites (tertiary alicyclic amines) is 1. The molecule has 7 nitrogen and oxygen atoms in total. The van der Waals surface area contributed by atoms with E-state index < -0.39 is 0 Å². The van der Waals surface area contributed by atoms with Gasteiger partial charge in [-0.3, -0.25) is 19.5 Å². The maximum atomic E-state index is 13.0. The lowest BCUT2D eigenvalue weighted by atomic mass is 9.71. The number of aryl methyl sites for hydroxylation is 1. The minimum Gasteiger partial charge on any atom is -0.343 e. The van der Waals surface area contributed by atoms with Gasteiger partial charge in [-0.25, -0.2) is 4.98 Å². The van der Waals surface area contributed by atoms with E-state index in [1.54, 1.807) is 24.2 Å². The standard InChI is InChI=1S/C26H33Cl2N5O2/c1-18-15-29-16-24(30-18)33-17-26(9-6-25(33)35,20-4-5-22(27)23(28)14-20)10-13-32-11-7-21(8-12-32)31(3)19(2)34/h4-5,14-16,21H,6-13,17H2,1-3H3/t26-/m1/s1. The highest BCUT2D eigenvalue weighted by atomic mass is 35.5. The van der Waals surface area contributed by atoms with E-state index in [0.717, 1.165) is 56.6 Å². The molecule has 2 saturated heterocycles. The van der Waals surface area contributed by atoms with Crippen molar-refractivity contribution >= 4 is 40.8 Å². The first kappa shape index (κ1) is 25.9. The monoisotopic (exact) mass is 517 g/mol. The Morgan fingerprint density at radius 1 is 1.20 bits per heavy atom. The van der Waals surface area contributed by atoms with Crippen LogP contribution in [0.25, 0.3) is 0 Å². The highest BCUT2D eigenvalue weighted by Gasteiger charge is 2.41. The molecule has 35 heavy (non-hydrogen) atoms. The maximum absolute atomic E-state index is 13.0. The van der Waals surface area contributed by atoms with Crippen molar-refractivity contribution in [2.75, 3.05) is 38.1 Å². The molecule has 1 aromatic carbocycles. The van der Waals surface area contributed by atoms with Crippen LogP contribution >= 0.6 is 23.2 Å². The van der Waals surface area contributed by atoms with Crippen molar-refractivity contribution in [2.45, 2.75) is 57.4 Å². The molecule has 0 unspecified atom stereocenters. The molecule has 0 radical (unpaired) electrons. The van der Waals surface area contributed by atoms with Crippen molar-refractivity contribution in [1.82, 2.24) is 19.8 Å². The van der Waals surface area contributed by atoms with Gasteiger partial charge in [0.2, 0.25) is 11.8 Å². The molecule has 0 saturated carbocycles. The van der Waals surface area contributed by atoms with E-state index in [4.69, 9.17) is 23.2 Å². The van der Waals surface area contributed by atoms with Gasteiger partial charge in [-0.1, -0.05) is 29.3 Å². The first-order valence-corrected chi connectivity index (χ1v) is 12.9. The largest absolute Gasteiger partial charge is 0.343 e. The molecule has 2 fully saturated rings. The Bertz CT molecular complexity index is 1090. The van der Waals surface area contributed by atoms with Gasteiger partial charge in [0, 0.05) is 57.7 Å². The molecule has 2 aliphatic heterocycles. The molecule has 1 aromatic heterocycles. The van der Waals surface area contributed by atoms with Crippen LogP contribution in [0.3, 0.4) is 0 Å². The number of carbonyl (C=O) groups excluding carboxylic acids is 2. The first-order valence-electron chi connectivity index (χ1n) is 12.2. The fourth-order valence-corrected chi connectivity index (χ4v) is 5.61.